The SMILES string of the molecule is CCCCCCCCCCCCCCCC(=O)OCC(COP(=O)(O)OCCNC(=O)CCCCC1(N(CC(=O)O)CC(=O)O)CN(CC(=O)O)CCN(CC(=O)O)C1)OC(=O)CCCCCCCCCCCCCCC. The second kappa shape index (κ2) is 45.1. The number of hydrogen-bond acceptors (Lipinski definition) is 15. The highest BCUT2D eigenvalue weighted by Crippen LogP contribution is 2.43. The van der Waals surface area contributed by atoms with Gasteiger partial charge in [0, 0.05) is 57.5 Å². The number of aliphatic carboxylic acids is 4. The average molecular weight is 1120 g/mol. The van der Waals surface area contributed by atoms with Crippen molar-refractivity contribution in [1.82, 2.24) is 20.0 Å². The second-order valence-corrected chi connectivity index (χ2v) is 22.5. The molecule has 448 valence electrons. The molecule has 0 aromatic rings. The number of rotatable bonds is 52. The summed E-state index contributed by atoms with van der Waals surface area (Å²) in [6, 6.07) is 0. The summed E-state index contributed by atoms with van der Waals surface area (Å²) in [4.78, 5) is 101. The van der Waals surface area contributed by atoms with Crippen molar-refractivity contribution in [2.45, 2.75) is 231 Å². The smallest absolute Gasteiger partial charge is 0.472 e. The standard InChI is InChI=1S/C55H101N4O17P/c1-3-5-7-9-11-13-15-17-19-21-23-25-27-32-53(69)73-43-47(76-54(70)33-28-26-24-22-20-18-16-14-12-10-8-6-4-2)44-75-77(71,72)74-38-35-56-48(60)31-29-30-34-55(59(41-51(65)66)42-52(67)68)45-57(39-49(61)62)36-37-58(46-55)40-50(63)64/h47H,3-46H2,1-2H3,(H,56,60)(H,61,62)(H,63,64)(H,65,66)(H,67,68)(H,71,72). The Labute approximate surface area is 459 Å². The quantitative estimate of drug-likeness (QED) is 0.0188. The number of ether oxygens (including phenoxy) is 2. The maximum atomic E-state index is 12.9. The summed E-state index contributed by atoms with van der Waals surface area (Å²) in [7, 11) is -4.76. The molecule has 0 saturated carbocycles. The monoisotopic (exact) mass is 1120 g/mol. The molecule has 1 fully saturated rings. The van der Waals surface area contributed by atoms with E-state index < -0.39 is 101 Å². The molecule has 1 heterocycles. The van der Waals surface area contributed by atoms with Gasteiger partial charge in [0.15, 0.2) is 6.10 Å². The summed E-state index contributed by atoms with van der Waals surface area (Å²) in [6.07, 6.45) is 29.7. The van der Waals surface area contributed by atoms with Gasteiger partial charge in [0.1, 0.15) is 6.61 Å². The van der Waals surface area contributed by atoms with Crippen molar-refractivity contribution < 1.29 is 82.0 Å². The number of phosphoric ester groups is 1. The molecule has 0 bridgehead atoms. The van der Waals surface area contributed by atoms with Gasteiger partial charge in [-0.3, -0.25) is 57.3 Å². The van der Waals surface area contributed by atoms with E-state index >= 15 is 0 Å². The number of unbranched alkanes of at least 4 members (excludes halogenated alkanes) is 25. The van der Waals surface area contributed by atoms with Crippen molar-refractivity contribution >= 4 is 49.5 Å². The van der Waals surface area contributed by atoms with Crippen LogP contribution in [0, 0.1) is 0 Å². The molecule has 2 unspecified atom stereocenters. The topological polar surface area (TPSA) is 296 Å². The normalized spacial score (nSPS) is 15.1. The number of carboxylic acids is 4. The molecule has 0 radical (unpaired) electrons. The Balaban J connectivity index is 2.72. The van der Waals surface area contributed by atoms with Crippen molar-refractivity contribution in [3.05, 3.63) is 0 Å². The number of esters is 2. The maximum absolute atomic E-state index is 12.9. The fourth-order valence-corrected chi connectivity index (χ4v) is 10.5. The first kappa shape index (κ1) is 71.3. The van der Waals surface area contributed by atoms with Gasteiger partial charge in [0.05, 0.1) is 39.4 Å². The van der Waals surface area contributed by atoms with E-state index in [2.05, 4.69) is 19.2 Å². The Hall–Kier alpha value is -3.72. The zero-order valence-corrected chi connectivity index (χ0v) is 48.0. The molecule has 1 rings (SSSR count). The first-order valence-corrected chi connectivity index (χ1v) is 30.7. The van der Waals surface area contributed by atoms with Gasteiger partial charge in [-0.1, -0.05) is 174 Å². The molecule has 6 N–H and O–H groups in total. The minimum Gasteiger partial charge on any atom is -0.480 e. The van der Waals surface area contributed by atoms with Crippen LogP contribution >= 0.6 is 7.82 Å². The molecule has 0 aromatic heterocycles. The summed E-state index contributed by atoms with van der Waals surface area (Å²) in [6.45, 7) is 0.605. The molecular weight excluding hydrogens is 1020 g/mol. The number of nitrogens with zero attached hydrogens (tertiary/aromatic N) is 3. The average Bonchev–Trinajstić information content (AvgIpc) is 3.53. The number of nitrogens with one attached hydrogen (secondary N) is 1. The molecule has 1 aliphatic heterocycles. The summed E-state index contributed by atoms with van der Waals surface area (Å²) >= 11 is 0. The summed E-state index contributed by atoms with van der Waals surface area (Å²) in [5, 5.41) is 41.2. The lowest BCUT2D eigenvalue weighted by atomic mass is 9.88. The molecule has 22 heteroatoms. The third-order valence-electron chi connectivity index (χ3n) is 13.9. The van der Waals surface area contributed by atoms with Gasteiger partial charge in [-0.25, -0.2) is 4.57 Å². The zero-order valence-electron chi connectivity index (χ0n) is 47.1. The third kappa shape index (κ3) is 40.2. The Bertz CT molecular complexity index is 1650. The number of carbonyl (C=O) groups is 7. The Morgan fingerprint density at radius 3 is 1.35 bits per heavy atom. The number of hydrogen-bond donors (Lipinski definition) is 6. The Morgan fingerprint density at radius 2 is 0.935 bits per heavy atom. The van der Waals surface area contributed by atoms with Crippen LogP contribution in [0.5, 0.6) is 0 Å². The van der Waals surface area contributed by atoms with E-state index in [0.29, 0.717) is 12.8 Å². The molecule has 0 aromatic carbocycles. The Kier molecular flexibility index (Phi) is 41.7. The number of carbonyl (C=O) groups excluding carboxylic acids is 3. The minimum absolute atomic E-state index is 0.0661. The summed E-state index contributed by atoms with van der Waals surface area (Å²) in [5.41, 5.74) is -1.32. The van der Waals surface area contributed by atoms with Gasteiger partial charge in [-0.15, -0.1) is 0 Å². The highest BCUT2D eigenvalue weighted by molar-refractivity contribution is 7.47. The summed E-state index contributed by atoms with van der Waals surface area (Å²) in [5.74, 6) is -6.51. The molecule has 0 aliphatic carbocycles. The van der Waals surface area contributed by atoms with Gasteiger partial charge >= 0.3 is 43.6 Å². The van der Waals surface area contributed by atoms with E-state index in [0.717, 1.165) is 44.9 Å². The van der Waals surface area contributed by atoms with Crippen LogP contribution in [-0.2, 0) is 56.6 Å². The number of amides is 1. The van der Waals surface area contributed by atoms with Crippen molar-refractivity contribution in [3.8, 4) is 0 Å². The molecule has 1 saturated heterocycles. The predicted molar refractivity (Wildman–Crippen MR) is 292 cm³/mol. The van der Waals surface area contributed by atoms with Crippen LogP contribution in [0.1, 0.15) is 219 Å². The first-order chi connectivity index (χ1) is 36.9. The fourth-order valence-electron chi connectivity index (χ4n) is 9.80. The molecule has 21 nitrogen and oxygen atoms in total. The Morgan fingerprint density at radius 1 is 0.532 bits per heavy atom. The van der Waals surface area contributed by atoms with Gasteiger partial charge in [-0.2, -0.15) is 0 Å². The largest absolute Gasteiger partial charge is 0.480 e. The highest BCUT2D eigenvalue weighted by atomic mass is 31.2. The van der Waals surface area contributed by atoms with Gasteiger partial charge in [-0.05, 0) is 25.7 Å². The van der Waals surface area contributed by atoms with Gasteiger partial charge in [0.2, 0.25) is 5.91 Å². The summed E-state index contributed by atoms with van der Waals surface area (Å²) < 4.78 is 34.2. The molecular formula is C55H101N4O17P. The molecule has 1 aliphatic rings. The zero-order chi connectivity index (χ0) is 57.0. The van der Waals surface area contributed by atoms with Crippen molar-refractivity contribution in [1.29, 1.82) is 0 Å². The van der Waals surface area contributed by atoms with Crippen LogP contribution in [-0.4, -0.2) is 172 Å². The van der Waals surface area contributed by atoms with Crippen LogP contribution in [0.4, 0.5) is 0 Å². The van der Waals surface area contributed by atoms with Crippen molar-refractivity contribution in [2.24, 2.45) is 0 Å². The van der Waals surface area contributed by atoms with Gasteiger partial charge in [0.25, 0.3) is 0 Å². The van der Waals surface area contributed by atoms with Crippen LogP contribution in [0.25, 0.3) is 0 Å². The van der Waals surface area contributed by atoms with Crippen LogP contribution in [0.2, 0.25) is 0 Å². The van der Waals surface area contributed by atoms with Crippen LogP contribution in [0.15, 0.2) is 0 Å². The third-order valence-corrected chi connectivity index (χ3v) is 14.9. The maximum Gasteiger partial charge on any atom is 0.472 e. The fraction of sp³-hybridized carbons (Fsp3) is 0.873. The number of carboxylic acid groups (broad SMARTS) is 4. The molecule has 0 spiro atoms. The van der Waals surface area contributed by atoms with E-state index in [1.165, 1.54) is 124 Å². The van der Waals surface area contributed by atoms with E-state index in [-0.39, 0.29) is 77.9 Å². The van der Waals surface area contributed by atoms with E-state index in [9.17, 15) is 63.4 Å². The van der Waals surface area contributed by atoms with Gasteiger partial charge < -0.3 is 40.1 Å². The lowest BCUT2D eigenvalue weighted by Gasteiger charge is -2.45. The van der Waals surface area contributed by atoms with E-state index in [4.69, 9.17) is 18.5 Å². The minimum atomic E-state index is -4.76. The predicted octanol–water partition coefficient (Wildman–Crippen LogP) is 9.21. The highest BCUT2D eigenvalue weighted by Gasteiger charge is 2.43. The lowest BCUT2D eigenvalue weighted by Crippen LogP contribution is -2.62. The van der Waals surface area contributed by atoms with E-state index in [1.807, 2.05) is 0 Å². The number of phosphoric acid groups is 1. The van der Waals surface area contributed by atoms with Crippen LogP contribution < -0.4 is 5.32 Å². The molecule has 1 amide bonds. The lowest BCUT2D eigenvalue weighted by molar-refractivity contribution is -0.161. The first-order valence-electron chi connectivity index (χ1n) is 29.2. The van der Waals surface area contributed by atoms with Crippen LogP contribution in [0.3, 0.4) is 0 Å². The van der Waals surface area contributed by atoms with Crippen molar-refractivity contribution in [3.63, 3.8) is 0 Å². The molecule has 2 atom stereocenters. The van der Waals surface area contributed by atoms with E-state index in [1.54, 1.807) is 0 Å². The van der Waals surface area contributed by atoms with Crippen molar-refractivity contribution in [2.75, 3.05) is 78.7 Å². The second-order valence-electron chi connectivity index (χ2n) is 21.0. The molecule has 77 heavy (non-hydrogen) atoms.